The summed E-state index contributed by atoms with van der Waals surface area (Å²) in [6, 6.07) is 21.3. The molecule has 0 bridgehead atoms. The van der Waals surface area contributed by atoms with Crippen LogP contribution in [-0.4, -0.2) is 43.0 Å². The summed E-state index contributed by atoms with van der Waals surface area (Å²) < 4.78 is 0. The van der Waals surface area contributed by atoms with Gasteiger partial charge in [0.25, 0.3) is 0 Å². The highest BCUT2D eigenvalue weighted by Gasteiger charge is 2.34. The molecule has 4 rings (SSSR count). The van der Waals surface area contributed by atoms with E-state index in [1.54, 1.807) is 4.90 Å². The molecule has 0 aromatic heterocycles. The summed E-state index contributed by atoms with van der Waals surface area (Å²) >= 11 is 0. The number of benzene rings is 2. The minimum atomic E-state index is -0.196. The van der Waals surface area contributed by atoms with Crippen LogP contribution in [0.15, 0.2) is 60.7 Å². The molecule has 148 valence electrons. The number of nitrogens with zero attached hydrogens (tertiary/aromatic N) is 1. The lowest BCUT2D eigenvalue weighted by Gasteiger charge is -2.40. The molecule has 1 aliphatic heterocycles. The van der Waals surface area contributed by atoms with Crippen LogP contribution in [0.1, 0.15) is 49.7 Å². The van der Waals surface area contributed by atoms with Crippen molar-refractivity contribution in [3.63, 3.8) is 0 Å². The van der Waals surface area contributed by atoms with Crippen LogP contribution in [0.25, 0.3) is 0 Å². The molecule has 0 unspecified atom stereocenters. The fourth-order valence-corrected chi connectivity index (χ4v) is 5.18. The number of carbonyl (C=O) groups is 1. The normalized spacial score (nSPS) is 23.7. The maximum Gasteiger partial charge on any atom is 0.234 e. The summed E-state index contributed by atoms with van der Waals surface area (Å²) in [4.78, 5) is 17.4. The van der Waals surface area contributed by atoms with Gasteiger partial charge in [0, 0.05) is 6.42 Å². The van der Waals surface area contributed by atoms with Crippen molar-refractivity contribution in [3.05, 3.63) is 71.8 Å². The van der Waals surface area contributed by atoms with Gasteiger partial charge in [-0.05, 0) is 29.9 Å². The standard InChI is InChI=1S/C25H32N2O/c1-20-9-8-14-23(19-20)26-15-17-27(18-16-26)25(28)24(21-10-4-2-5-11-21)22-12-6-3-7-13-22/h2-7,10-13,20,23-24H,8-9,14-19H2,1H3/p+1/t20-,23-/m1/s1. The molecule has 0 spiro atoms. The first-order chi connectivity index (χ1) is 13.7. The first-order valence-corrected chi connectivity index (χ1v) is 11.0. The molecule has 1 saturated carbocycles. The third-order valence-electron chi connectivity index (χ3n) is 6.74. The molecule has 0 radical (unpaired) electrons. The van der Waals surface area contributed by atoms with Gasteiger partial charge in [-0.2, -0.15) is 0 Å². The van der Waals surface area contributed by atoms with E-state index in [1.165, 1.54) is 25.7 Å². The van der Waals surface area contributed by atoms with Crippen molar-refractivity contribution in [1.29, 1.82) is 0 Å². The highest BCUT2D eigenvalue weighted by Crippen LogP contribution is 2.27. The molecule has 1 N–H and O–H groups in total. The van der Waals surface area contributed by atoms with Gasteiger partial charge < -0.3 is 9.80 Å². The summed E-state index contributed by atoms with van der Waals surface area (Å²) in [5, 5.41) is 0. The molecule has 1 heterocycles. The Kier molecular flexibility index (Phi) is 6.11. The summed E-state index contributed by atoms with van der Waals surface area (Å²) in [5.74, 6) is 0.929. The van der Waals surface area contributed by atoms with E-state index in [9.17, 15) is 4.79 Å². The van der Waals surface area contributed by atoms with Crippen LogP contribution in [0.2, 0.25) is 0 Å². The lowest BCUT2D eigenvalue weighted by molar-refractivity contribution is -0.930. The Labute approximate surface area is 169 Å². The van der Waals surface area contributed by atoms with Crippen molar-refractivity contribution >= 4 is 5.91 Å². The quantitative estimate of drug-likeness (QED) is 0.870. The second kappa shape index (κ2) is 8.91. The van der Waals surface area contributed by atoms with Gasteiger partial charge in [-0.15, -0.1) is 0 Å². The third kappa shape index (κ3) is 4.30. The van der Waals surface area contributed by atoms with E-state index in [4.69, 9.17) is 0 Å². The Morgan fingerprint density at radius 1 is 0.929 bits per heavy atom. The van der Waals surface area contributed by atoms with Crippen molar-refractivity contribution < 1.29 is 9.69 Å². The maximum atomic E-state index is 13.6. The van der Waals surface area contributed by atoms with Crippen molar-refractivity contribution in [2.24, 2.45) is 5.92 Å². The van der Waals surface area contributed by atoms with Gasteiger partial charge in [0.15, 0.2) is 0 Å². The first-order valence-electron chi connectivity index (χ1n) is 11.0. The Balaban J connectivity index is 1.46. The first kappa shape index (κ1) is 19.2. The van der Waals surface area contributed by atoms with E-state index in [0.29, 0.717) is 0 Å². The SMILES string of the molecule is C[C@@H]1CCC[C@@H]([NH+]2CCN(C(=O)C(c3ccccc3)c3ccccc3)CC2)C1. The Morgan fingerprint density at radius 2 is 1.50 bits per heavy atom. The molecular formula is C25H33N2O+. The maximum absolute atomic E-state index is 13.6. The second-order valence-corrected chi connectivity index (χ2v) is 8.71. The van der Waals surface area contributed by atoms with E-state index >= 15 is 0 Å². The summed E-state index contributed by atoms with van der Waals surface area (Å²) in [7, 11) is 0. The topological polar surface area (TPSA) is 24.8 Å². The minimum absolute atomic E-state index is 0.196. The molecule has 28 heavy (non-hydrogen) atoms. The van der Waals surface area contributed by atoms with Gasteiger partial charge in [-0.1, -0.05) is 74.0 Å². The fourth-order valence-electron chi connectivity index (χ4n) is 5.18. The van der Waals surface area contributed by atoms with Gasteiger partial charge in [-0.25, -0.2) is 0 Å². The Hall–Kier alpha value is -2.13. The number of quaternary nitrogens is 1. The van der Waals surface area contributed by atoms with Crippen LogP contribution in [-0.2, 0) is 4.79 Å². The average molecular weight is 378 g/mol. The zero-order valence-corrected chi connectivity index (χ0v) is 17.0. The minimum Gasteiger partial charge on any atom is -0.331 e. The molecule has 2 fully saturated rings. The average Bonchev–Trinajstić information content (AvgIpc) is 2.75. The number of carbonyl (C=O) groups excluding carboxylic acids is 1. The van der Waals surface area contributed by atoms with E-state index in [2.05, 4.69) is 36.1 Å². The van der Waals surface area contributed by atoms with E-state index < -0.39 is 0 Å². The zero-order valence-electron chi connectivity index (χ0n) is 17.0. The van der Waals surface area contributed by atoms with Crippen molar-refractivity contribution in [2.75, 3.05) is 26.2 Å². The van der Waals surface area contributed by atoms with Crippen molar-refractivity contribution in [3.8, 4) is 0 Å². The van der Waals surface area contributed by atoms with Crippen LogP contribution in [0.3, 0.4) is 0 Å². The smallest absolute Gasteiger partial charge is 0.234 e. The molecule has 2 aromatic rings. The van der Waals surface area contributed by atoms with Crippen LogP contribution in [0.4, 0.5) is 0 Å². The predicted octanol–water partition coefficient (Wildman–Crippen LogP) is 3.12. The monoisotopic (exact) mass is 377 g/mol. The lowest BCUT2D eigenvalue weighted by atomic mass is 9.86. The van der Waals surface area contributed by atoms with E-state index in [0.717, 1.165) is 49.3 Å². The van der Waals surface area contributed by atoms with Crippen LogP contribution >= 0.6 is 0 Å². The Bertz CT molecular complexity index is 713. The summed E-state index contributed by atoms with van der Waals surface area (Å²) in [6.07, 6.45) is 5.50. The number of hydrogen-bond acceptors (Lipinski definition) is 1. The molecule has 1 amide bonds. The molecule has 1 saturated heterocycles. The lowest BCUT2D eigenvalue weighted by Crippen LogP contribution is -3.18. The van der Waals surface area contributed by atoms with Crippen molar-refractivity contribution in [1.82, 2.24) is 4.90 Å². The molecule has 2 aliphatic rings. The molecule has 2 atom stereocenters. The van der Waals surface area contributed by atoms with Crippen molar-refractivity contribution in [2.45, 2.75) is 44.6 Å². The number of hydrogen-bond donors (Lipinski definition) is 1. The third-order valence-corrected chi connectivity index (χ3v) is 6.74. The molecule has 1 aliphatic carbocycles. The van der Waals surface area contributed by atoms with Gasteiger partial charge in [-0.3, -0.25) is 4.79 Å². The molecule has 2 aromatic carbocycles. The molecule has 3 nitrogen and oxygen atoms in total. The summed E-state index contributed by atoms with van der Waals surface area (Å²) in [6.45, 7) is 6.36. The fraction of sp³-hybridized carbons (Fsp3) is 0.480. The van der Waals surface area contributed by atoms with Crippen LogP contribution in [0.5, 0.6) is 0 Å². The highest BCUT2D eigenvalue weighted by molar-refractivity contribution is 5.87. The number of rotatable bonds is 4. The summed E-state index contributed by atoms with van der Waals surface area (Å²) in [5.41, 5.74) is 2.18. The van der Waals surface area contributed by atoms with Gasteiger partial charge >= 0.3 is 0 Å². The van der Waals surface area contributed by atoms with Gasteiger partial charge in [0.1, 0.15) is 0 Å². The van der Waals surface area contributed by atoms with Crippen LogP contribution < -0.4 is 4.90 Å². The Morgan fingerprint density at radius 3 is 2.04 bits per heavy atom. The highest BCUT2D eigenvalue weighted by atomic mass is 16.2. The predicted molar refractivity (Wildman–Crippen MR) is 113 cm³/mol. The second-order valence-electron chi connectivity index (χ2n) is 8.71. The van der Waals surface area contributed by atoms with Gasteiger partial charge in [0.05, 0.1) is 38.1 Å². The number of piperazine rings is 1. The van der Waals surface area contributed by atoms with Crippen LogP contribution in [0, 0.1) is 5.92 Å². The number of amides is 1. The number of nitrogens with one attached hydrogen (secondary N) is 1. The van der Waals surface area contributed by atoms with E-state index in [-0.39, 0.29) is 11.8 Å². The van der Waals surface area contributed by atoms with Gasteiger partial charge in [0.2, 0.25) is 5.91 Å². The molecular weight excluding hydrogens is 344 g/mol. The molecule has 3 heteroatoms. The van der Waals surface area contributed by atoms with E-state index in [1.807, 2.05) is 36.4 Å². The zero-order chi connectivity index (χ0) is 19.3. The largest absolute Gasteiger partial charge is 0.331 e.